The largest absolute Gasteiger partial charge is 0.339 e. The zero-order chi connectivity index (χ0) is 17.1. The van der Waals surface area contributed by atoms with Gasteiger partial charge in [0, 0.05) is 25.4 Å². The third-order valence-electron chi connectivity index (χ3n) is 4.54. The number of thiophene rings is 1. The molecule has 25 heavy (non-hydrogen) atoms. The Bertz CT molecular complexity index is 829. The zero-order valence-electron chi connectivity index (χ0n) is 13.8. The Morgan fingerprint density at radius 1 is 1.24 bits per heavy atom. The Kier molecular flexibility index (Phi) is 4.61. The van der Waals surface area contributed by atoms with Crippen molar-refractivity contribution < 1.29 is 9.32 Å². The third-order valence-corrected chi connectivity index (χ3v) is 5.41. The van der Waals surface area contributed by atoms with Crippen molar-refractivity contribution in [1.29, 1.82) is 0 Å². The van der Waals surface area contributed by atoms with Gasteiger partial charge in [-0.3, -0.25) is 4.79 Å². The van der Waals surface area contributed by atoms with Crippen LogP contribution in [0, 0.1) is 0 Å². The zero-order valence-corrected chi connectivity index (χ0v) is 14.6. The van der Waals surface area contributed by atoms with E-state index in [1.807, 2.05) is 40.6 Å². The van der Waals surface area contributed by atoms with E-state index in [1.54, 1.807) is 11.3 Å². The van der Waals surface area contributed by atoms with E-state index < -0.39 is 0 Å². The van der Waals surface area contributed by atoms with Crippen molar-refractivity contribution >= 4 is 17.2 Å². The Balaban J connectivity index is 1.30. The molecule has 0 saturated carbocycles. The van der Waals surface area contributed by atoms with Crippen molar-refractivity contribution in [3.63, 3.8) is 0 Å². The normalized spacial score (nSPS) is 16.6. The summed E-state index contributed by atoms with van der Waals surface area (Å²) in [6.07, 6.45) is 2.91. The number of aromatic nitrogens is 2. The molecule has 6 heteroatoms. The highest BCUT2D eigenvalue weighted by Gasteiger charge is 2.31. The van der Waals surface area contributed by atoms with Crippen LogP contribution in [-0.4, -0.2) is 33.5 Å². The Morgan fingerprint density at radius 3 is 2.84 bits per heavy atom. The second-order valence-electron chi connectivity index (χ2n) is 6.21. The number of nitrogens with zero attached hydrogens (tertiary/aromatic N) is 3. The van der Waals surface area contributed by atoms with Gasteiger partial charge in [-0.2, -0.15) is 4.98 Å². The molecule has 1 amide bonds. The highest BCUT2D eigenvalue weighted by atomic mass is 32.1. The van der Waals surface area contributed by atoms with Gasteiger partial charge in [0.2, 0.25) is 17.6 Å². The van der Waals surface area contributed by atoms with Gasteiger partial charge < -0.3 is 9.42 Å². The summed E-state index contributed by atoms with van der Waals surface area (Å²) in [6.45, 7) is 0.848. The van der Waals surface area contributed by atoms with E-state index in [1.165, 1.54) is 5.56 Å². The lowest BCUT2D eigenvalue weighted by Gasteiger charge is -2.41. The van der Waals surface area contributed by atoms with Gasteiger partial charge in [-0.05, 0) is 29.9 Å². The smallest absolute Gasteiger partial charge is 0.227 e. The summed E-state index contributed by atoms with van der Waals surface area (Å²) in [7, 11) is 0. The number of benzene rings is 1. The van der Waals surface area contributed by atoms with Crippen molar-refractivity contribution in [2.45, 2.75) is 31.7 Å². The molecule has 0 N–H and O–H groups in total. The molecule has 1 unspecified atom stereocenters. The van der Waals surface area contributed by atoms with Gasteiger partial charge in [0.1, 0.15) is 0 Å². The molecule has 1 fully saturated rings. The van der Waals surface area contributed by atoms with Gasteiger partial charge in [-0.25, -0.2) is 0 Å². The van der Waals surface area contributed by atoms with Crippen LogP contribution in [0.5, 0.6) is 0 Å². The van der Waals surface area contributed by atoms with Crippen LogP contribution in [0.3, 0.4) is 0 Å². The summed E-state index contributed by atoms with van der Waals surface area (Å²) >= 11 is 1.57. The van der Waals surface area contributed by atoms with Gasteiger partial charge >= 0.3 is 0 Å². The summed E-state index contributed by atoms with van der Waals surface area (Å²) in [5, 5.41) is 5.96. The van der Waals surface area contributed by atoms with E-state index in [9.17, 15) is 4.79 Å². The summed E-state index contributed by atoms with van der Waals surface area (Å²) in [4.78, 5) is 19.8. The van der Waals surface area contributed by atoms with Crippen molar-refractivity contribution in [2.75, 3.05) is 6.54 Å². The molecule has 2 aromatic heterocycles. The van der Waals surface area contributed by atoms with Crippen LogP contribution in [0.4, 0.5) is 0 Å². The fourth-order valence-corrected chi connectivity index (χ4v) is 3.74. The summed E-state index contributed by atoms with van der Waals surface area (Å²) in [5.74, 6) is 1.29. The molecule has 3 heterocycles. The molecule has 3 aromatic rings. The van der Waals surface area contributed by atoms with Crippen molar-refractivity contribution in [3.05, 3.63) is 59.3 Å². The Morgan fingerprint density at radius 2 is 2.12 bits per heavy atom. The number of rotatable bonds is 6. The van der Waals surface area contributed by atoms with Crippen LogP contribution in [0.25, 0.3) is 10.7 Å². The first kappa shape index (κ1) is 16.0. The topological polar surface area (TPSA) is 59.2 Å². The standard InChI is InChI=1S/C19H19N3O2S/c23-18(22-11-10-15(22)13-14-5-2-1-3-6-14)9-8-17-20-19(21-24-17)16-7-4-12-25-16/h1-7,12,15H,8-11,13H2. The molecule has 1 saturated heterocycles. The molecular formula is C19H19N3O2S. The number of carbonyl (C=O) groups is 1. The number of amides is 1. The first-order valence-electron chi connectivity index (χ1n) is 8.49. The fraction of sp³-hybridized carbons (Fsp3) is 0.316. The van der Waals surface area contributed by atoms with Crippen LogP contribution in [0.1, 0.15) is 24.3 Å². The molecule has 1 atom stereocenters. The molecule has 4 rings (SSSR count). The summed E-state index contributed by atoms with van der Waals surface area (Å²) < 4.78 is 5.27. The van der Waals surface area contributed by atoms with Crippen LogP contribution in [-0.2, 0) is 17.6 Å². The van der Waals surface area contributed by atoms with Crippen molar-refractivity contribution in [3.8, 4) is 10.7 Å². The van der Waals surface area contributed by atoms with E-state index >= 15 is 0 Å². The highest BCUT2D eigenvalue weighted by Crippen LogP contribution is 2.24. The minimum absolute atomic E-state index is 0.169. The van der Waals surface area contributed by atoms with E-state index in [0.29, 0.717) is 30.6 Å². The van der Waals surface area contributed by atoms with Crippen LogP contribution >= 0.6 is 11.3 Å². The van der Waals surface area contributed by atoms with Gasteiger partial charge in [0.05, 0.1) is 4.88 Å². The summed E-state index contributed by atoms with van der Waals surface area (Å²) in [6, 6.07) is 14.6. The minimum Gasteiger partial charge on any atom is -0.339 e. The van der Waals surface area contributed by atoms with E-state index in [0.717, 1.165) is 24.3 Å². The first-order valence-corrected chi connectivity index (χ1v) is 9.37. The van der Waals surface area contributed by atoms with E-state index in [4.69, 9.17) is 4.52 Å². The molecule has 128 valence electrons. The maximum Gasteiger partial charge on any atom is 0.227 e. The second-order valence-corrected chi connectivity index (χ2v) is 7.16. The number of hydrogen-bond acceptors (Lipinski definition) is 5. The van der Waals surface area contributed by atoms with E-state index in [-0.39, 0.29) is 5.91 Å². The Labute approximate surface area is 150 Å². The van der Waals surface area contributed by atoms with Gasteiger partial charge in [-0.15, -0.1) is 11.3 Å². The number of likely N-dealkylation sites (tertiary alicyclic amines) is 1. The average Bonchev–Trinajstić information content (AvgIpc) is 3.29. The predicted molar refractivity (Wildman–Crippen MR) is 96.2 cm³/mol. The monoisotopic (exact) mass is 353 g/mol. The minimum atomic E-state index is 0.169. The number of carbonyl (C=O) groups excluding carboxylic acids is 1. The predicted octanol–water partition coefficient (Wildman–Crippen LogP) is 3.57. The number of hydrogen-bond donors (Lipinski definition) is 0. The Hall–Kier alpha value is -2.47. The van der Waals surface area contributed by atoms with E-state index in [2.05, 4.69) is 22.3 Å². The molecule has 1 aliphatic heterocycles. The molecule has 0 radical (unpaired) electrons. The average molecular weight is 353 g/mol. The second kappa shape index (κ2) is 7.19. The third kappa shape index (κ3) is 3.64. The molecule has 0 spiro atoms. The molecule has 0 bridgehead atoms. The van der Waals surface area contributed by atoms with Crippen LogP contribution in [0.15, 0.2) is 52.4 Å². The van der Waals surface area contributed by atoms with Crippen molar-refractivity contribution in [1.82, 2.24) is 15.0 Å². The summed E-state index contributed by atoms with van der Waals surface area (Å²) in [5.41, 5.74) is 1.28. The lowest BCUT2D eigenvalue weighted by atomic mass is 9.94. The number of aryl methyl sites for hydroxylation is 1. The quantitative estimate of drug-likeness (QED) is 0.680. The lowest BCUT2D eigenvalue weighted by molar-refractivity contribution is -0.138. The van der Waals surface area contributed by atoms with Gasteiger partial charge in [-0.1, -0.05) is 41.6 Å². The van der Waals surface area contributed by atoms with Crippen LogP contribution in [0.2, 0.25) is 0 Å². The SMILES string of the molecule is O=C(CCc1nc(-c2cccs2)no1)N1CCC1Cc1ccccc1. The first-order chi connectivity index (χ1) is 12.3. The molecule has 0 aliphatic carbocycles. The molecule has 1 aromatic carbocycles. The maximum absolute atomic E-state index is 12.5. The van der Waals surface area contributed by atoms with Gasteiger partial charge in [0.25, 0.3) is 0 Å². The maximum atomic E-state index is 12.5. The molecule has 5 nitrogen and oxygen atoms in total. The fourth-order valence-electron chi connectivity index (χ4n) is 3.09. The van der Waals surface area contributed by atoms with Crippen molar-refractivity contribution in [2.24, 2.45) is 0 Å². The lowest BCUT2D eigenvalue weighted by Crippen LogP contribution is -2.52. The molecule has 1 aliphatic rings. The highest BCUT2D eigenvalue weighted by molar-refractivity contribution is 7.13. The molecular weight excluding hydrogens is 334 g/mol. The van der Waals surface area contributed by atoms with Crippen LogP contribution < -0.4 is 0 Å². The van der Waals surface area contributed by atoms with Gasteiger partial charge in [0.15, 0.2) is 0 Å².